The highest BCUT2D eigenvalue weighted by Crippen LogP contribution is 2.39. The number of ether oxygens (including phenoxy) is 1. The maximum Gasteiger partial charge on any atom is 0.120 e. The Balaban J connectivity index is 2.06. The van der Waals surface area contributed by atoms with Crippen LogP contribution in [0.4, 0.5) is 0 Å². The van der Waals surface area contributed by atoms with Crippen LogP contribution in [-0.4, -0.2) is 12.1 Å². The molecule has 2 N–H and O–H groups in total. The average molecular weight is 219 g/mol. The summed E-state index contributed by atoms with van der Waals surface area (Å²) in [5, 5.41) is 0. The minimum absolute atomic E-state index is 0.0428. The van der Waals surface area contributed by atoms with Gasteiger partial charge in [0.15, 0.2) is 0 Å². The molecule has 16 heavy (non-hydrogen) atoms. The molecule has 1 fully saturated rings. The summed E-state index contributed by atoms with van der Waals surface area (Å²) >= 11 is 0. The van der Waals surface area contributed by atoms with E-state index < -0.39 is 0 Å². The second kappa shape index (κ2) is 4.88. The van der Waals surface area contributed by atoms with Crippen LogP contribution in [0.2, 0.25) is 0 Å². The molecule has 1 aliphatic rings. The standard InChI is InChI=1S/C14H21NO/c1-2-12-5-3-6-13(11-12)16-14(9-10-15)7-4-8-14/h3,5-6,11H,2,4,7-10,15H2,1H3. The van der Waals surface area contributed by atoms with Crippen LogP contribution < -0.4 is 10.5 Å². The second-order valence-corrected chi connectivity index (χ2v) is 4.68. The first-order valence-corrected chi connectivity index (χ1v) is 6.26. The van der Waals surface area contributed by atoms with Crippen LogP contribution in [0, 0.1) is 0 Å². The van der Waals surface area contributed by atoms with Crippen molar-refractivity contribution in [2.75, 3.05) is 6.54 Å². The lowest BCUT2D eigenvalue weighted by atomic mass is 9.77. The van der Waals surface area contributed by atoms with E-state index in [1.54, 1.807) is 0 Å². The van der Waals surface area contributed by atoms with Crippen molar-refractivity contribution in [3.8, 4) is 5.75 Å². The predicted octanol–water partition coefficient (Wildman–Crippen LogP) is 2.90. The van der Waals surface area contributed by atoms with Crippen LogP contribution in [0.25, 0.3) is 0 Å². The quantitative estimate of drug-likeness (QED) is 0.826. The fourth-order valence-electron chi connectivity index (χ4n) is 2.32. The molecule has 0 aliphatic heterocycles. The molecule has 2 heteroatoms. The molecule has 88 valence electrons. The summed E-state index contributed by atoms with van der Waals surface area (Å²) in [4.78, 5) is 0. The molecule has 0 heterocycles. The van der Waals surface area contributed by atoms with Crippen LogP contribution in [0.5, 0.6) is 5.75 Å². The first-order valence-electron chi connectivity index (χ1n) is 6.26. The summed E-state index contributed by atoms with van der Waals surface area (Å²) in [6.07, 6.45) is 5.61. The first kappa shape index (κ1) is 11.5. The molecule has 0 amide bonds. The minimum atomic E-state index is 0.0428. The Kier molecular flexibility index (Phi) is 3.49. The predicted molar refractivity (Wildman–Crippen MR) is 66.7 cm³/mol. The number of benzene rings is 1. The van der Waals surface area contributed by atoms with E-state index >= 15 is 0 Å². The van der Waals surface area contributed by atoms with Gasteiger partial charge in [0.05, 0.1) is 0 Å². The number of aryl methyl sites for hydroxylation is 1. The van der Waals surface area contributed by atoms with Crippen molar-refractivity contribution in [2.45, 2.75) is 44.6 Å². The number of hydrogen-bond donors (Lipinski definition) is 1. The molecule has 2 nitrogen and oxygen atoms in total. The van der Waals surface area contributed by atoms with Crippen molar-refractivity contribution in [3.05, 3.63) is 29.8 Å². The Morgan fingerprint density at radius 2 is 2.19 bits per heavy atom. The molecule has 0 bridgehead atoms. The van der Waals surface area contributed by atoms with Crippen LogP contribution in [0.1, 0.15) is 38.2 Å². The van der Waals surface area contributed by atoms with Crippen molar-refractivity contribution in [2.24, 2.45) is 5.73 Å². The van der Waals surface area contributed by atoms with Gasteiger partial charge in [-0.2, -0.15) is 0 Å². The minimum Gasteiger partial charge on any atom is -0.487 e. The highest BCUT2D eigenvalue weighted by atomic mass is 16.5. The number of nitrogens with two attached hydrogens (primary N) is 1. The molecule has 1 aromatic carbocycles. The second-order valence-electron chi connectivity index (χ2n) is 4.68. The normalized spacial score (nSPS) is 17.9. The van der Waals surface area contributed by atoms with Gasteiger partial charge in [-0.15, -0.1) is 0 Å². The molecule has 0 spiro atoms. The van der Waals surface area contributed by atoms with E-state index in [1.807, 2.05) is 0 Å². The zero-order chi connectivity index (χ0) is 11.4. The Labute approximate surface area is 97.8 Å². The van der Waals surface area contributed by atoms with Gasteiger partial charge < -0.3 is 10.5 Å². The lowest BCUT2D eigenvalue weighted by molar-refractivity contribution is -0.0125. The van der Waals surface area contributed by atoms with Crippen molar-refractivity contribution in [3.63, 3.8) is 0 Å². The number of hydrogen-bond acceptors (Lipinski definition) is 2. The summed E-state index contributed by atoms with van der Waals surface area (Å²) in [5.41, 5.74) is 7.03. The van der Waals surface area contributed by atoms with E-state index in [4.69, 9.17) is 10.5 Å². The monoisotopic (exact) mass is 219 g/mol. The molecule has 0 aromatic heterocycles. The third-order valence-electron chi connectivity index (χ3n) is 3.51. The topological polar surface area (TPSA) is 35.2 Å². The summed E-state index contributed by atoms with van der Waals surface area (Å²) < 4.78 is 6.14. The van der Waals surface area contributed by atoms with Crippen molar-refractivity contribution in [1.29, 1.82) is 0 Å². The lowest BCUT2D eigenvalue weighted by Crippen LogP contribution is -2.44. The summed E-state index contributed by atoms with van der Waals surface area (Å²) in [6.45, 7) is 2.88. The highest BCUT2D eigenvalue weighted by molar-refractivity contribution is 5.29. The van der Waals surface area contributed by atoms with Gasteiger partial charge in [-0.25, -0.2) is 0 Å². The van der Waals surface area contributed by atoms with Gasteiger partial charge in [0.2, 0.25) is 0 Å². The van der Waals surface area contributed by atoms with Gasteiger partial charge in [-0.05, 0) is 56.3 Å². The third kappa shape index (κ3) is 2.38. The van der Waals surface area contributed by atoms with Crippen molar-refractivity contribution >= 4 is 0 Å². The molecule has 2 rings (SSSR count). The molecule has 0 radical (unpaired) electrons. The zero-order valence-electron chi connectivity index (χ0n) is 10.0. The Morgan fingerprint density at radius 3 is 2.75 bits per heavy atom. The highest BCUT2D eigenvalue weighted by Gasteiger charge is 2.38. The van der Waals surface area contributed by atoms with Gasteiger partial charge in [0, 0.05) is 0 Å². The molecule has 1 saturated carbocycles. The van der Waals surface area contributed by atoms with E-state index in [2.05, 4.69) is 31.2 Å². The fourth-order valence-corrected chi connectivity index (χ4v) is 2.32. The molecule has 0 saturated heterocycles. The first-order chi connectivity index (χ1) is 7.78. The Hall–Kier alpha value is -1.02. The molecular formula is C14H21NO. The Morgan fingerprint density at radius 1 is 1.38 bits per heavy atom. The molecular weight excluding hydrogens is 198 g/mol. The average Bonchev–Trinajstić information content (AvgIpc) is 2.26. The van der Waals surface area contributed by atoms with E-state index in [0.29, 0.717) is 6.54 Å². The van der Waals surface area contributed by atoms with Crippen LogP contribution in [0.15, 0.2) is 24.3 Å². The smallest absolute Gasteiger partial charge is 0.120 e. The lowest BCUT2D eigenvalue weighted by Gasteiger charge is -2.42. The van der Waals surface area contributed by atoms with E-state index in [0.717, 1.165) is 31.4 Å². The third-order valence-corrected chi connectivity index (χ3v) is 3.51. The largest absolute Gasteiger partial charge is 0.487 e. The molecule has 0 unspecified atom stereocenters. The van der Waals surface area contributed by atoms with Gasteiger partial charge in [0.1, 0.15) is 11.4 Å². The van der Waals surface area contributed by atoms with E-state index in [1.165, 1.54) is 12.0 Å². The van der Waals surface area contributed by atoms with E-state index in [9.17, 15) is 0 Å². The summed E-state index contributed by atoms with van der Waals surface area (Å²) in [7, 11) is 0. The number of rotatable bonds is 5. The van der Waals surface area contributed by atoms with Crippen LogP contribution in [-0.2, 0) is 6.42 Å². The maximum absolute atomic E-state index is 6.14. The summed E-state index contributed by atoms with van der Waals surface area (Å²) in [6, 6.07) is 8.42. The van der Waals surface area contributed by atoms with Crippen LogP contribution >= 0.6 is 0 Å². The fraction of sp³-hybridized carbons (Fsp3) is 0.571. The zero-order valence-corrected chi connectivity index (χ0v) is 10.0. The van der Waals surface area contributed by atoms with E-state index in [-0.39, 0.29) is 5.60 Å². The van der Waals surface area contributed by atoms with Gasteiger partial charge in [0.25, 0.3) is 0 Å². The van der Waals surface area contributed by atoms with Crippen LogP contribution in [0.3, 0.4) is 0 Å². The molecule has 0 atom stereocenters. The maximum atomic E-state index is 6.14. The molecule has 1 aromatic rings. The SMILES string of the molecule is CCc1cccc(OC2(CCN)CCC2)c1. The Bertz CT molecular complexity index is 344. The van der Waals surface area contributed by atoms with Gasteiger partial charge in [-0.1, -0.05) is 19.1 Å². The van der Waals surface area contributed by atoms with Crippen molar-refractivity contribution in [1.82, 2.24) is 0 Å². The summed E-state index contributed by atoms with van der Waals surface area (Å²) in [5.74, 6) is 1.01. The van der Waals surface area contributed by atoms with Gasteiger partial charge in [-0.3, -0.25) is 0 Å². The molecule has 1 aliphatic carbocycles. The van der Waals surface area contributed by atoms with Crippen molar-refractivity contribution < 1.29 is 4.74 Å². The van der Waals surface area contributed by atoms with Gasteiger partial charge >= 0.3 is 0 Å².